The van der Waals surface area contributed by atoms with Crippen LogP contribution in [-0.2, 0) is 14.3 Å². The number of hydrogen-bond donors (Lipinski definition) is 1. The van der Waals surface area contributed by atoms with Crippen molar-refractivity contribution in [3.8, 4) is 5.75 Å². The van der Waals surface area contributed by atoms with E-state index >= 15 is 0 Å². The van der Waals surface area contributed by atoms with Crippen LogP contribution in [0.2, 0.25) is 0 Å². The average molecular weight is 551 g/mol. The minimum atomic E-state index is -0.745. The zero-order chi connectivity index (χ0) is 27.2. The molecule has 38 heavy (non-hydrogen) atoms. The summed E-state index contributed by atoms with van der Waals surface area (Å²) in [6, 6.07) is 18.9. The molecule has 1 aliphatic rings. The summed E-state index contributed by atoms with van der Waals surface area (Å²) in [5.74, 6) is -1.07. The molecule has 10 heteroatoms. The molecule has 0 unspecified atom stereocenters. The first-order valence-corrected chi connectivity index (χ1v) is 12.9. The van der Waals surface area contributed by atoms with Crippen molar-refractivity contribution in [2.24, 2.45) is 0 Å². The Balaban J connectivity index is 1.46. The van der Waals surface area contributed by atoms with Gasteiger partial charge < -0.3 is 14.8 Å². The molecule has 1 fully saturated rings. The van der Waals surface area contributed by atoms with Crippen LogP contribution in [-0.4, -0.2) is 34.8 Å². The highest BCUT2D eigenvalue weighted by Gasteiger charge is 2.33. The fraction of sp³-hybridized carbons (Fsp3) is 0.143. The van der Waals surface area contributed by atoms with Crippen LogP contribution in [0.15, 0.2) is 77.7 Å². The number of rotatable bonds is 8. The Kier molecular flexibility index (Phi) is 8.55. The van der Waals surface area contributed by atoms with Gasteiger partial charge in [0.1, 0.15) is 11.6 Å². The Morgan fingerprint density at radius 2 is 1.82 bits per heavy atom. The second-order valence-corrected chi connectivity index (χ2v) is 9.79. The standard InChI is InChI=1S/C28H23FN2O5S2/c1-3-35-27(34)17(2)36-23-13-7-18(8-14-23)15-24-26(33)31(28(37)38-24)22-6-4-5-19(16-22)25(32)30-21-11-9-20(29)10-12-21/h4-17H,3H2,1-2H3,(H,30,32)/b24-15+/t17-/m0/s1. The van der Waals surface area contributed by atoms with E-state index in [9.17, 15) is 18.8 Å². The summed E-state index contributed by atoms with van der Waals surface area (Å²) >= 11 is 6.61. The third kappa shape index (κ3) is 6.45. The van der Waals surface area contributed by atoms with Crippen molar-refractivity contribution in [1.82, 2.24) is 0 Å². The molecule has 1 N–H and O–H groups in total. The van der Waals surface area contributed by atoms with E-state index in [1.165, 1.54) is 29.2 Å². The van der Waals surface area contributed by atoms with Crippen LogP contribution < -0.4 is 15.0 Å². The van der Waals surface area contributed by atoms with Crippen molar-refractivity contribution < 1.29 is 28.2 Å². The van der Waals surface area contributed by atoms with Gasteiger partial charge in [0.15, 0.2) is 10.4 Å². The lowest BCUT2D eigenvalue weighted by Crippen LogP contribution is -2.27. The maximum absolute atomic E-state index is 13.2. The van der Waals surface area contributed by atoms with E-state index in [2.05, 4.69) is 5.32 Å². The molecule has 0 radical (unpaired) electrons. The molecule has 1 atom stereocenters. The van der Waals surface area contributed by atoms with Gasteiger partial charge in [-0.1, -0.05) is 42.2 Å². The molecule has 1 saturated heterocycles. The van der Waals surface area contributed by atoms with Crippen LogP contribution in [0.1, 0.15) is 29.8 Å². The van der Waals surface area contributed by atoms with Gasteiger partial charge >= 0.3 is 5.97 Å². The molecule has 0 aliphatic carbocycles. The number of nitrogens with zero attached hydrogens (tertiary/aromatic N) is 1. The van der Waals surface area contributed by atoms with E-state index in [4.69, 9.17) is 21.7 Å². The Hall–Kier alpha value is -4.02. The molecule has 7 nitrogen and oxygen atoms in total. The summed E-state index contributed by atoms with van der Waals surface area (Å²) in [7, 11) is 0. The van der Waals surface area contributed by atoms with Gasteiger partial charge in [-0.2, -0.15) is 0 Å². The predicted molar refractivity (Wildman–Crippen MR) is 150 cm³/mol. The summed E-state index contributed by atoms with van der Waals surface area (Å²) in [6.07, 6.45) is 0.966. The summed E-state index contributed by atoms with van der Waals surface area (Å²) < 4.78 is 24.0. The fourth-order valence-electron chi connectivity index (χ4n) is 3.52. The second kappa shape index (κ2) is 12.0. The van der Waals surface area contributed by atoms with Crippen LogP contribution in [0.3, 0.4) is 0 Å². The first-order valence-electron chi connectivity index (χ1n) is 11.6. The molecule has 4 rings (SSSR count). The predicted octanol–water partition coefficient (Wildman–Crippen LogP) is 5.81. The molecule has 0 aromatic heterocycles. The first kappa shape index (κ1) is 27.0. The van der Waals surface area contributed by atoms with Gasteiger partial charge in [-0.25, -0.2) is 9.18 Å². The Morgan fingerprint density at radius 3 is 2.50 bits per heavy atom. The van der Waals surface area contributed by atoms with Gasteiger partial charge in [-0.15, -0.1) is 0 Å². The summed E-state index contributed by atoms with van der Waals surface area (Å²) in [4.78, 5) is 39.5. The number of amides is 2. The number of esters is 1. The van der Waals surface area contributed by atoms with E-state index < -0.39 is 23.8 Å². The maximum atomic E-state index is 13.2. The highest BCUT2D eigenvalue weighted by molar-refractivity contribution is 8.27. The molecular formula is C28H23FN2O5S2. The van der Waals surface area contributed by atoms with Gasteiger partial charge in [0.2, 0.25) is 0 Å². The number of ether oxygens (including phenoxy) is 2. The molecular weight excluding hydrogens is 527 g/mol. The van der Waals surface area contributed by atoms with Gasteiger partial charge in [0, 0.05) is 11.3 Å². The van der Waals surface area contributed by atoms with E-state index in [1.54, 1.807) is 68.5 Å². The van der Waals surface area contributed by atoms with Gasteiger partial charge in [0.05, 0.1) is 17.2 Å². The lowest BCUT2D eigenvalue weighted by atomic mass is 10.1. The minimum Gasteiger partial charge on any atom is -0.479 e. The van der Waals surface area contributed by atoms with Crippen LogP contribution in [0.5, 0.6) is 5.75 Å². The molecule has 0 spiro atoms. The number of carbonyl (C=O) groups excluding carboxylic acids is 3. The van der Waals surface area contributed by atoms with Crippen LogP contribution >= 0.6 is 24.0 Å². The molecule has 0 saturated carbocycles. The zero-order valence-electron chi connectivity index (χ0n) is 20.5. The van der Waals surface area contributed by atoms with Crippen molar-refractivity contribution in [3.63, 3.8) is 0 Å². The normalized spacial score (nSPS) is 14.9. The fourth-order valence-corrected chi connectivity index (χ4v) is 4.82. The quantitative estimate of drug-likeness (QED) is 0.215. The summed E-state index contributed by atoms with van der Waals surface area (Å²) in [6.45, 7) is 3.61. The van der Waals surface area contributed by atoms with E-state index in [1.807, 2.05) is 0 Å². The van der Waals surface area contributed by atoms with Crippen LogP contribution in [0.4, 0.5) is 15.8 Å². The lowest BCUT2D eigenvalue weighted by Gasteiger charge is -2.15. The lowest BCUT2D eigenvalue weighted by molar-refractivity contribution is -0.150. The number of benzene rings is 3. The first-order chi connectivity index (χ1) is 18.2. The highest BCUT2D eigenvalue weighted by atomic mass is 32.2. The summed E-state index contributed by atoms with van der Waals surface area (Å²) in [5, 5.41) is 2.70. The van der Waals surface area contributed by atoms with Crippen LogP contribution in [0, 0.1) is 5.82 Å². The topological polar surface area (TPSA) is 84.9 Å². The summed E-state index contributed by atoms with van der Waals surface area (Å²) in [5.41, 5.74) is 1.97. The van der Waals surface area contributed by atoms with E-state index in [0.29, 0.717) is 31.9 Å². The monoisotopic (exact) mass is 550 g/mol. The number of anilines is 2. The number of halogens is 1. The SMILES string of the molecule is CCOC(=O)[C@H](C)Oc1ccc(/C=C2/SC(=S)N(c3cccc(C(=O)Nc4ccc(F)cc4)c3)C2=O)cc1. The minimum absolute atomic E-state index is 0.275. The molecule has 1 aliphatic heterocycles. The Morgan fingerprint density at radius 1 is 1.11 bits per heavy atom. The van der Waals surface area contributed by atoms with E-state index in [0.717, 1.165) is 17.3 Å². The van der Waals surface area contributed by atoms with Crippen LogP contribution in [0.25, 0.3) is 6.08 Å². The maximum Gasteiger partial charge on any atom is 0.347 e. The second-order valence-electron chi connectivity index (χ2n) is 8.11. The van der Waals surface area contributed by atoms with Crippen molar-refractivity contribution in [1.29, 1.82) is 0 Å². The molecule has 3 aromatic rings. The Labute approximate surface area is 228 Å². The number of nitrogens with one attached hydrogen (secondary N) is 1. The number of thioether (sulfide) groups is 1. The van der Waals surface area contributed by atoms with Crippen molar-refractivity contribution in [3.05, 3.63) is 94.6 Å². The third-order valence-corrected chi connectivity index (χ3v) is 6.67. The average Bonchev–Trinajstić information content (AvgIpc) is 3.18. The molecule has 3 aromatic carbocycles. The van der Waals surface area contributed by atoms with Gasteiger partial charge in [-0.05, 0) is 80.1 Å². The van der Waals surface area contributed by atoms with Crippen molar-refractivity contribution in [2.75, 3.05) is 16.8 Å². The number of hydrogen-bond acceptors (Lipinski definition) is 7. The highest BCUT2D eigenvalue weighted by Crippen LogP contribution is 2.36. The smallest absolute Gasteiger partial charge is 0.347 e. The van der Waals surface area contributed by atoms with Gasteiger partial charge in [-0.3, -0.25) is 14.5 Å². The molecule has 1 heterocycles. The van der Waals surface area contributed by atoms with Gasteiger partial charge in [0.25, 0.3) is 11.8 Å². The van der Waals surface area contributed by atoms with Crippen molar-refractivity contribution >= 4 is 63.5 Å². The zero-order valence-corrected chi connectivity index (χ0v) is 22.1. The van der Waals surface area contributed by atoms with Crippen molar-refractivity contribution in [2.45, 2.75) is 20.0 Å². The Bertz CT molecular complexity index is 1410. The third-order valence-electron chi connectivity index (χ3n) is 5.37. The van der Waals surface area contributed by atoms with E-state index in [-0.39, 0.29) is 12.5 Å². The molecule has 194 valence electrons. The number of thiocarbonyl (C=S) groups is 1. The number of carbonyl (C=O) groups is 3. The molecule has 0 bridgehead atoms. The largest absolute Gasteiger partial charge is 0.479 e. The molecule has 2 amide bonds.